The number of methoxy groups -OCH3 is 2. The van der Waals surface area contributed by atoms with Gasteiger partial charge in [0, 0.05) is 44.8 Å². The topological polar surface area (TPSA) is 66.3 Å². The van der Waals surface area contributed by atoms with Crippen LogP contribution in [0.25, 0.3) is 0 Å². The standard InChI is InChI=1S/C19H31N3O3/c1-5-20-19(21-11-14(2)13-23)22-7-6-15(12-22)16-8-17(24-3)10-18(9-16)25-4/h8-10,14-15,23H,5-7,11-13H2,1-4H3,(H,20,21). The van der Waals surface area contributed by atoms with Gasteiger partial charge >= 0.3 is 0 Å². The molecule has 6 heteroatoms. The quantitative estimate of drug-likeness (QED) is 0.583. The Morgan fingerprint density at radius 3 is 2.56 bits per heavy atom. The summed E-state index contributed by atoms with van der Waals surface area (Å²) in [5, 5.41) is 12.6. The van der Waals surface area contributed by atoms with Crippen molar-refractivity contribution in [2.24, 2.45) is 10.9 Å². The molecule has 2 unspecified atom stereocenters. The molecule has 1 aromatic rings. The lowest BCUT2D eigenvalue weighted by Crippen LogP contribution is -2.40. The molecule has 0 aromatic heterocycles. The zero-order chi connectivity index (χ0) is 18.2. The summed E-state index contributed by atoms with van der Waals surface area (Å²) in [6.45, 7) is 7.58. The highest BCUT2D eigenvalue weighted by molar-refractivity contribution is 5.80. The van der Waals surface area contributed by atoms with Crippen molar-refractivity contribution in [1.29, 1.82) is 0 Å². The molecule has 140 valence electrons. The molecule has 25 heavy (non-hydrogen) atoms. The van der Waals surface area contributed by atoms with Crippen molar-refractivity contribution in [3.8, 4) is 11.5 Å². The fourth-order valence-corrected chi connectivity index (χ4v) is 3.02. The van der Waals surface area contributed by atoms with E-state index in [1.165, 1.54) is 5.56 Å². The van der Waals surface area contributed by atoms with E-state index in [1.807, 2.05) is 13.0 Å². The maximum atomic E-state index is 9.21. The van der Waals surface area contributed by atoms with Gasteiger partial charge in [0.2, 0.25) is 0 Å². The van der Waals surface area contributed by atoms with E-state index in [4.69, 9.17) is 9.47 Å². The van der Waals surface area contributed by atoms with Gasteiger partial charge in [-0.1, -0.05) is 6.92 Å². The third-order valence-corrected chi connectivity index (χ3v) is 4.53. The van der Waals surface area contributed by atoms with Gasteiger partial charge in [-0.15, -0.1) is 0 Å². The second-order valence-corrected chi connectivity index (χ2v) is 6.56. The number of rotatable bonds is 7. The Hall–Kier alpha value is -1.95. The van der Waals surface area contributed by atoms with Crippen LogP contribution in [0.15, 0.2) is 23.2 Å². The number of nitrogens with one attached hydrogen (secondary N) is 1. The van der Waals surface area contributed by atoms with Crippen LogP contribution in [0.2, 0.25) is 0 Å². The van der Waals surface area contributed by atoms with E-state index in [-0.39, 0.29) is 12.5 Å². The number of hydrogen-bond acceptors (Lipinski definition) is 4. The molecule has 1 aromatic carbocycles. The molecule has 1 heterocycles. The smallest absolute Gasteiger partial charge is 0.193 e. The van der Waals surface area contributed by atoms with Crippen molar-refractivity contribution in [2.75, 3.05) is 47.0 Å². The van der Waals surface area contributed by atoms with Gasteiger partial charge in [-0.05, 0) is 37.0 Å². The molecule has 2 rings (SSSR count). The highest BCUT2D eigenvalue weighted by Gasteiger charge is 2.27. The summed E-state index contributed by atoms with van der Waals surface area (Å²) in [4.78, 5) is 6.98. The first kappa shape index (κ1) is 19.4. The van der Waals surface area contributed by atoms with Crippen LogP contribution >= 0.6 is 0 Å². The Kier molecular flexibility index (Phi) is 7.37. The van der Waals surface area contributed by atoms with Gasteiger partial charge in [0.25, 0.3) is 0 Å². The van der Waals surface area contributed by atoms with E-state index in [0.29, 0.717) is 12.5 Å². The van der Waals surface area contributed by atoms with Crippen molar-refractivity contribution < 1.29 is 14.6 Å². The number of nitrogens with zero attached hydrogens (tertiary/aromatic N) is 2. The van der Waals surface area contributed by atoms with Crippen LogP contribution in [0.3, 0.4) is 0 Å². The summed E-state index contributed by atoms with van der Waals surface area (Å²) in [6, 6.07) is 6.08. The molecule has 1 saturated heterocycles. The van der Waals surface area contributed by atoms with Gasteiger partial charge in [0.15, 0.2) is 5.96 Å². The highest BCUT2D eigenvalue weighted by Crippen LogP contribution is 2.32. The third kappa shape index (κ3) is 5.26. The molecule has 0 spiro atoms. The average Bonchev–Trinajstić information content (AvgIpc) is 3.14. The number of likely N-dealkylation sites (tertiary alicyclic amines) is 1. The fraction of sp³-hybridized carbons (Fsp3) is 0.632. The summed E-state index contributed by atoms with van der Waals surface area (Å²) in [5.74, 6) is 3.17. The lowest BCUT2D eigenvalue weighted by atomic mass is 9.98. The Morgan fingerprint density at radius 2 is 2.00 bits per heavy atom. The molecule has 1 fully saturated rings. The van der Waals surface area contributed by atoms with Gasteiger partial charge in [-0.2, -0.15) is 0 Å². The van der Waals surface area contributed by atoms with Crippen LogP contribution in [0.1, 0.15) is 31.7 Å². The van der Waals surface area contributed by atoms with Crippen molar-refractivity contribution in [1.82, 2.24) is 10.2 Å². The predicted octanol–water partition coefficient (Wildman–Crippen LogP) is 2.09. The van der Waals surface area contributed by atoms with Gasteiger partial charge in [0.1, 0.15) is 11.5 Å². The second-order valence-electron chi connectivity index (χ2n) is 6.56. The van der Waals surface area contributed by atoms with Gasteiger partial charge in [0.05, 0.1) is 14.2 Å². The number of benzene rings is 1. The maximum Gasteiger partial charge on any atom is 0.193 e. The van der Waals surface area contributed by atoms with Crippen LogP contribution in [-0.4, -0.2) is 63.0 Å². The van der Waals surface area contributed by atoms with Gasteiger partial charge in [-0.3, -0.25) is 4.99 Å². The number of ether oxygens (including phenoxy) is 2. The van der Waals surface area contributed by atoms with Crippen molar-refractivity contribution in [3.63, 3.8) is 0 Å². The molecular formula is C19H31N3O3. The third-order valence-electron chi connectivity index (χ3n) is 4.53. The fourth-order valence-electron chi connectivity index (χ4n) is 3.02. The minimum absolute atomic E-state index is 0.162. The monoisotopic (exact) mass is 349 g/mol. The Morgan fingerprint density at radius 1 is 1.32 bits per heavy atom. The second kappa shape index (κ2) is 9.51. The molecule has 0 saturated carbocycles. The average molecular weight is 349 g/mol. The predicted molar refractivity (Wildman–Crippen MR) is 101 cm³/mol. The molecule has 0 aliphatic carbocycles. The number of aliphatic hydroxyl groups is 1. The number of aliphatic imine (C=N–C) groups is 1. The minimum atomic E-state index is 0.162. The SMILES string of the molecule is CCNC(=NCC(C)CO)N1CCC(c2cc(OC)cc(OC)c2)C1. The summed E-state index contributed by atoms with van der Waals surface area (Å²) in [6.07, 6.45) is 1.07. The van der Waals surface area contributed by atoms with Crippen molar-refractivity contribution in [3.05, 3.63) is 23.8 Å². The van der Waals surface area contributed by atoms with Crippen LogP contribution < -0.4 is 14.8 Å². The zero-order valence-electron chi connectivity index (χ0n) is 15.8. The minimum Gasteiger partial charge on any atom is -0.497 e. The van der Waals surface area contributed by atoms with Crippen LogP contribution in [0.4, 0.5) is 0 Å². The van der Waals surface area contributed by atoms with Crippen molar-refractivity contribution >= 4 is 5.96 Å². The molecule has 0 amide bonds. The number of aliphatic hydroxyl groups excluding tert-OH is 1. The lowest BCUT2D eigenvalue weighted by molar-refractivity contribution is 0.241. The summed E-state index contributed by atoms with van der Waals surface area (Å²) in [5.41, 5.74) is 1.23. The molecule has 2 N–H and O–H groups in total. The molecule has 2 atom stereocenters. The molecule has 0 radical (unpaired) electrons. The van der Waals surface area contributed by atoms with Crippen molar-refractivity contribution in [2.45, 2.75) is 26.2 Å². The summed E-state index contributed by atoms with van der Waals surface area (Å²) >= 11 is 0. The zero-order valence-corrected chi connectivity index (χ0v) is 15.8. The van der Waals surface area contributed by atoms with E-state index < -0.39 is 0 Å². The van der Waals surface area contributed by atoms with Gasteiger partial charge in [-0.25, -0.2) is 0 Å². The van der Waals surface area contributed by atoms with E-state index in [0.717, 1.165) is 43.5 Å². The summed E-state index contributed by atoms with van der Waals surface area (Å²) < 4.78 is 10.8. The number of hydrogen-bond donors (Lipinski definition) is 2. The van der Waals surface area contributed by atoms with E-state index in [9.17, 15) is 5.11 Å². The van der Waals surface area contributed by atoms with Crippen LogP contribution in [0.5, 0.6) is 11.5 Å². The lowest BCUT2D eigenvalue weighted by Gasteiger charge is -2.22. The molecular weight excluding hydrogens is 318 g/mol. The maximum absolute atomic E-state index is 9.21. The number of guanidine groups is 1. The van der Waals surface area contributed by atoms with E-state index in [2.05, 4.69) is 34.3 Å². The van der Waals surface area contributed by atoms with E-state index >= 15 is 0 Å². The normalized spacial score (nSPS) is 19.0. The highest BCUT2D eigenvalue weighted by atomic mass is 16.5. The molecule has 6 nitrogen and oxygen atoms in total. The Balaban J connectivity index is 2.11. The summed E-state index contributed by atoms with van der Waals surface area (Å²) in [7, 11) is 3.36. The largest absolute Gasteiger partial charge is 0.497 e. The first-order chi connectivity index (χ1) is 12.1. The van der Waals surface area contributed by atoms with Crippen LogP contribution in [0, 0.1) is 5.92 Å². The molecule has 0 bridgehead atoms. The van der Waals surface area contributed by atoms with Gasteiger partial charge < -0.3 is 24.8 Å². The molecule has 1 aliphatic rings. The Bertz CT molecular complexity index is 555. The van der Waals surface area contributed by atoms with Crippen LogP contribution in [-0.2, 0) is 0 Å². The first-order valence-electron chi connectivity index (χ1n) is 8.98. The Labute approximate surface area is 150 Å². The van der Waals surface area contributed by atoms with E-state index in [1.54, 1.807) is 14.2 Å². The first-order valence-corrected chi connectivity index (χ1v) is 8.98. The molecule has 1 aliphatic heterocycles.